The van der Waals surface area contributed by atoms with E-state index in [2.05, 4.69) is 35.5 Å². The summed E-state index contributed by atoms with van der Waals surface area (Å²) in [7, 11) is 0. The van der Waals surface area contributed by atoms with Gasteiger partial charge in [-0.3, -0.25) is 0 Å². The fraction of sp³-hybridized carbons (Fsp3) is 0.455. The van der Waals surface area contributed by atoms with E-state index in [-0.39, 0.29) is 0 Å². The molecule has 13 heavy (non-hydrogen) atoms. The van der Waals surface area contributed by atoms with Crippen molar-refractivity contribution in [2.24, 2.45) is 0 Å². The van der Waals surface area contributed by atoms with Crippen molar-refractivity contribution in [3.05, 3.63) is 34.9 Å². The van der Waals surface area contributed by atoms with Crippen LogP contribution in [0.3, 0.4) is 0 Å². The van der Waals surface area contributed by atoms with Crippen LogP contribution in [0.2, 0.25) is 0 Å². The molecule has 0 spiro atoms. The first-order valence-corrected chi connectivity index (χ1v) is 6.02. The number of hydrogen-bond donors (Lipinski definition) is 0. The number of thioether (sulfide) groups is 1. The fourth-order valence-electron chi connectivity index (χ4n) is 1.87. The van der Waals surface area contributed by atoms with Gasteiger partial charge >= 0.3 is 0 Å². The van der Waals surface area contributed by atoms with E-state index in [1.165, 1.54) is 36.5 Å². The monoisotopic (exact) mass is 193 g/mol. The van der Waals surface area contributed by atoms with Crippen LogP contribution in [0.4, 0.5) is 0 Å². The Labute approximate surface area is 84.2 Å². The van der Waals surface area contributed by atoms with Crippen molar-refractivity contribution < 1.29 is 0 Å². The molecule has 0 aromatic carbocycles. The van der Waals surface area contributed by atoms with Crippen LogP contribution in [0, 0.1) is 0 Å². The van der Waals surface area contributed by atoms with Crippen molar-refractivity contribution >= 4 is 11.8 Å². The zero-order valence-corrected chi connectivity index (χ0v) is 8.81. The molecule has 0 amide bonds. The highest BCUT2D eigenvalue weighted by atomic mass is 32.2. The topological polar surface area (TPSA) is 3.24 Å². The first kappa shape index (κ1) is 8.95. The first-order chi connectivity index (χ1) is 6.42. The molecule has 0 N–H and O–H groups in total. The summed E-state index contributed by atoms with van der Waals surface area (Å²) in [5.74, 6) is 0. The fourth-order valence-corrected chi connectivity index (χ4v) is 2.68. The molecule has 1 aliphatic heterocycles. The zero-order chi connectivity index (χ0) is 9.10. The van der Waals surface area contributed by atoms with Gasteiger partial charge < -0.3 is 4.90 Å². The highest BCUT2D eigenvalue weighted by molar-refractivity contribution is 8.02. The summed E-state index contributed by atoms with van der Waals surface area (Å²) in [4.78, 5) is 2.50. The van der Waals surface area contributed by atoms with E-state index in [0.717, 1.165) is 0 Å². The highest BCUT2D eigenvalue weighted by Gasteiger charge is 2.16. The lowest BCUT2D eigenvalue weighted by atomic mass is 10.3. The number of hydrogen-bond acceptors (Lipinski definition) is 2. The molecule has 70 valence electrons. The number of allylic oxidation sites excluding steroid dienone is 5. The zero-order valence-electron chi connectivity index (χ0n) is 7.99. The Morgan fingerprint density at radius 3 is 2.38 bits per heavy atom. The van der Waals surface area contributed by atoms with Gasteiger partial charge in [0.15, 0.2) is 0 Å². The van der Waals surface area contributed by atoms with E-state index in [9.17, 15) is 0 Å². The van der Waals surface area contributed by atoms with Gasteiger partial charge in [0, 0.05) is 18.7 Å². The van der Waals surface area contributed by atoms with Crippen LogP contribution in [0.5, 0.6) is 0 Å². The summed E-state index contributed by atoms with van der Waals surface area (Å²) in [6.07, 6.45) is 13.5. The molecular weight excluding hydrogens is 178 g/mol. The standard InChI is InChI=1S/C11H15NS/c1-13-11(10-6-2-3-7-10)12-8-4-5-9-12/h2-3,6-7H,4-5,8-9H2,1H3. The molecule has 1 heterocycles. The average Bonchev–Trinajstić information content (AvgIpc) is 2.76. The van der Waals surface area contributed by atoms with Crippen molar-refractivity contribution in [1.29, 1.82) is 0 Å². The Morgan fingerprint density at radius 2 is 1.85 bits per heavy atom. The maximum absolute atomic E-state index is 2.50. The third-order valence-electron chi connectivity index (χ3n) is 2.50. The van der Waals surface area contributed by atoms with Crippen molar-refractivity contribution in [3.8, 4) is 0 Å². The second kappa shape index (κ2) is 4.05. The van der Waals surface area contributed by atoms with E-state index in [1.54, 1.807) is 0 Å². The van der Waals surface area contributed by atoms with Gasteiger partial charge in [0.2, 0.25) is 0 Å². The van der Waals surface area contributed by atoms with Gasteiger partial charge in [0.1, 0.15) is 0 Å². The molecule has 0 saturated carbocycles. The van der Waals surface area contributed by atoms with E-state index >= 15 is 0 Å². The third-order valence-corrected chi connectivity index (χ3v) is 3.38. The van der Waals surface area contributed by atoms with E-state index in [4.69, 9.17) is 0 Å². The second-order valence-corrected chi connectivity index (χ2v) is 4.17. The molecule has 1 saturated heterocycles. The molecule has 2 heteroatoms. The van der Waals surface area contributed by atoms with Crippen LogP contribution < -0.4 is 0 Å². The Morgan fingerprint density at radius 1 is 1.23 bits per heavy atom. The lowest BCUT2D eigenvalue weighted by Gasteiger charge is -2.21. The molecule has 0 atom stereocenters. The minimum atomic E-state index is 1.24. The Balaban J connectivity index is 2.20. The largest absolute Gasteiger partial charge is 0.366 e. The lowest BCUT2D eigenvalue weighted by molar-refractivity contribution is 0.455. The first-order valence-electron chi connectivity index (χ1n) is 4.80. The van der Waals surface area contributed by atoms with Crippen LogP contribution >= 0.6 is 11.8 Å². The SMILES string of the molecule is CSC(=C1C=CC=C1)N1CCCC1. The molecule has 0 unspecified atom stereocenters. The summed E-state index contributed by atoms with van der Waals surface area (Å²) >= 11 is 1.87. The predicted molar refractivity (Wildman–Crippen MR) is 59.6 cm³/mol. The van der Waals surface area contributed by atoms with Gasteiger partial charge in [-0.15, -0.1) is 11.8 Å². The van der Waals surface area contributed by atoms with Crippen molar-refractivity contribution in [2.75, 3.05) is 19.3 Å². The maximum Gasteiger partial charge on any atom is 0.0778 e. The number of nitrogens with zero attached hydrogens (tertiary/aromatic N) is 1. The normalized spacial score (nSPS) is 20.4. The molecule has 1 aliphatic carbocycles. The Bertz CT molecular complexity index is 256. The summed E-state index contributed by atoms with van der Waals surface area (Å²) in [5, 5.41) is 1.45. The third kappa shape index (κ3) is 1.83. The Hall–Kier alpha value is -0.630. The van der Waals surface area contributed by atoms with E-state index in [0.29, 0.717) is 0 Å². The van der Waals surface area contributed by atoms with E-state index in [1.807, 2.05) is 11.8 Å². The van der Waals surface area contributed by atoms with Gasteiger partial charge in [0.25, 0.3) is 0 Å². The summed E-state index contributed by atoms with van der Waals surface area (Å²) in [6.45, 7) is 2.47. The van der Waals surface area contributed by atoms with Gasteiger partial charge in [-0.1, -0.05) is 24.3 Å². The van der Waals surface area contributed by atoms with Crippen molar-refractivity contribution in [3.63, 3.8) is 0 Å². The average molecular weight is 193 g/mol. The van der Waals surface area contributed by atoms with Crippen LogP contribution in [0.1, 0.15) is 12.8 Å². The number of likely N-dealkylation sites (tertiary alicyclic amines) is 1. The molecule has 1 fully saturated rings. The summed E-state index contributed by atoms with van der Waals surface area (Å²) < 4.78 is 0. The van der Waals surface area contributed by atoms with Crippen molar-refractivity contribution in [2.45, 2.75) is 12.8 Å². The maximum atomic E-state index is 2.50. The van der Waals surface area contributed by atoms with Crippen LogP contribution in [0.15, 0.2) is 34.9 Å². The molecular formula is C11H15NS. The molecule has 1 nitrogen and oxygen atoms in total. The van der Waals surface area contributed by atoms with Crippen LogP contribution in [-0.4, -0.2) is 24.2 Å². The van der Waals surface area contributed by atoms with Crippen LogP contribution in [0.25, 0.3) is 0 Å². The highest BCUT2D eigenvalue weighted by Crippen LogP contribution is 2.28. The molecule has 0 aromatic rings. The summed E-state index contributed by atoms with van der Waals surface area (Å²) in [6, 6.07) is 0. The molecule has 2 rings (SSSR count). The van der Waals surface area contributed by atoms with Gasteiger partial charge in [0.05, 0.1) is 5.03 Å². The predicted octanol–water partition coefficient (Wildman–Crippen LogP) is 2.78. The quantitative estimate of drug-likeness (QED) is 0.663. The van der Waals surface area contributed by atoms with Gasteiger partial charge in [-0.25, -0.2) is 0 Å². The summed E-state index contributed by atoms with van der Waals surface area (Å²) in [5.41, 5.74) is 1.38. The number of rotatable bonds is 2. The van der Waals surface area contributed by atoms with Gasteiger partial charge in [-0.05, 0) is 19.1 Å². The smallest absolute Gasteiger partial charge is 0.0778 e. The molecule has 0 aromatic heterocycles. The van der Waals surface area contributed by atoms with Crippen molar-refractivity contribution in [1.82, 2.24) is 4.90 Å². The van der Waals surface area contributed by atoms with Gasteiger partial charge in [-0.2, -0.15) is 0 Å². The Kier molecular flexibility index (Phi) is 2.79. The molecule has 0 radical (unpaired) electrons. The molecule has 2 aliphatic rings. The second-order valence-electron chi connectivity index (χ2n) is 3.38. The minimum Gasteiger partial charge on any atom is -0.366 e. The minimum absolute atomic E-state index is 1.24. The van der Waals surface area contributed by atoms with Crippen LogP contribution in [-0.2, 0) is 0 Å². The molecule has 0 bridgehead atoms. The van der Waals surface area contributed by atoms with E-state index < -0.39 is 0 Å². The lowest BCUT2D eigenvalue weighted by Crippen LogP contribution is -2.17.